The van der Waals surface area contributed by atoms with Crippen molar-refractivity contribution in [1.82, 2.24) is 4.90 Å². The lowest BCUT2D eigenvalue weighted by molar-refractivity contribution is -0.140. The summed E-state index contributed by atoms with van der Waals surface area (Å²) < 4.78 is 4.27. The third-order valence-corrected chi connectivity index (χ3v) is 11.4. The summed E-state index contributed by atoms with van der Waals surface area (Å²) in [5, 5.41) is 10.1. The first kappa shape index (κ1) is 31.9. The van der Waals surface area contributed by atoms with Crippen LogP contribution in [0.15, 0.2) is 67.8 Å². The SMILES string of the molecule is C=CCN(C(=O)[C@H]1[C@H]2C(=O)N(CCO)C(C(=O)N(CC=C)c3c(C)cccc3C)C23CC[C@]1(C)S3)c1ccc(OCC)cc1. The summed E-state index contributed by atoms with van der Waals surface area (Å²) >= 11 is 1.63. The number of carbonyl (C=O) groups excluding carboxylic acids is 3. The van der Waals surface area contributed by atoms with Crippen LogP contribution in [-0.2, 0) is 14.4 Å². The van der Waals surface area contributed by atoms with Gasteiger partial charge in [-0.2, -0.15) is 0 Å². The summed E-state index contributed by atoms with van der Waals surface area (Å²) in [6.07, 6.45) is 4.71. The van der Waals surface area contributed by atoms with Crippen LogP contribution in [0.1, 0.15) is 37.8 Å². The second kappa shape index (κ2) is 12.4. The number of β-amino-alcohol motifs (C(OH)–C–C–N with tert-alkyl or cyclic N) is 1. The maximum Gasteiger partial charge on any atom is 0.251 e. The van der Waals surface area contributed by atoms with Crippen molar-refractivity contribution in [3.63, 3.8) is 0 Å². The topological polar surface area (TPSA) is 90.4 Å². The summed E-state index contributed by atoms with van der Waals surface area (Å²) in [5.41, 5.74) is 3.40. The van der Waals surface area contributed by atoms with Crippen LogP contribution in [0.4, 0.5) is 11.4 Å². The van der Waals surface area contributed by atoms with Gasteiger partial charge in [-0.05, 0) is 75.9 Å². The third-order valence-electron chi connectivity index (χ3n) is 9.44. The molecular formula is C35H43N3O5S. The van der Waals surface area contributed by atoms with Crippen molar-refractivity contribution >= 4 is 40.9 Å². The molecule has 0 saturated carbocycles. The highest BCUT2D eigenvalue weighted by Crippen LogP contribution is 2.71. The minimum atomic E-state index is -0.825. The van der Waals surface area contributed by atoms with E-state index in [1.54, 1.807) is 38.6 Å². The van der Waals surface area contributed by atoms with Gasteiger partial charge in [0.25, 0.3) is 5.91 Å². The number of nitrogens with zero attached hydrogens (tertiary/aromatic N) is 3. The summed E-state index contributed by atoms with van der Waals surface area (Å²) in [6.45, 7) is 16.6. The number of aliphatic hydroxyl groups excluding tert-OH is 1. The van der Waals surface area contributed by atoms with Crippen molar-refractivity contribution < 1.29 is 24.2 Å². The Labute approximate surface area is 264 Å². The molecule has 2 aromatic rings. The standard InChI is InChI=1S/C35H43N3O5S/c1-7-19-36(25-13-15-26(16-14-25)43-9-3)31(40)27-28-32(41)38(21-22-39)30(35(28)18-17-34(27,6)44-35)33(42)37(20-8-2)29-23(4)11-10-12-24(29)5/h7-8,10-16,27-28,30,39H,1-2,9,17-22H2,3-6H3/t27-,28+,30?,34+,35?/m1/s1. The fourth-order valence-corrected chi connectivity index (χ4v) is 10.1. The Hall–Kier alpha value is -3.56. The van der Waals surface area contributed by atoms with E-state index in [-0.39, 0.29) is 44.0 Å². The molecule has 3 aliphatic heterocycles. The van der Waals surface area contributed by atoms with Gasteiger partial charge in [-0.25, -0.2) is 0 Å². The lowest BCUT2D eigenvalue weighted by Gasteiger charge is -2.38. The highest BCUT2D eigenvalue weighted by molar-refractivity contribution is 8.02. The Balaban J connectivity index is 1.57. The minimum Gasteiger partial charge on any atom is -0.494 e. The molecule has 2 aromatic carbocycles. The molecule has 3 aliphatic rings. The molecular weight excluding hydrogens is 574 g/mol. The number of likely N-dealkylation sites (tertiary alicyclic amines) is 1. The predicted molar refractivity (Wildman–Crippen MR) is 176 cm³/mol. The van der Waals surface area contributed by atoms with Crippen molar-refractivity contribution in [3.8, 4) is 5.75 Å². The molecule has 0 radical (unpaired) electrons. The second-order valence-corrected chi connectivity index (χ2v) is 14.0. The molecule has 3 heterocycles. The molecule has 1 N–H and O–H groups in total. The molecule has 0 aliphatic carbocycles. The molecule has 8 nitrogen and oxygen atoms in total. The highest BCUT2D eigenvalue weighted by atomic mass is 32.2. The van der Waals surface area contributed by atoms with E-state index in [4.69, 9.17) is 4.74 Å². The van der Waals surface area contributed by atoms with E-state index in [1.165, 1.54) is 0 Å². The van der Waals surface area contributed by atoms with Crippen LogP contribution in [-0.4, -0.2) is 76.1 Å². The molecule has 2 unspecified atom stereocenters. The van der Waals surface area contributed by atoms with Crippen LogP contribution >= 0.6 is 11.8 Å². The number of ether oxygens (including phenoxy) is 1. The number of benzene rings is 2. The van der Waals surface area contributed by atoms with E-state index < -0.39 is 27.4 Å². The quantitative estimate of drug-likeness (QED) is 0.341. The molecule has 3 fully saturated rings. The van der Waals surface area contributed by atoms with Crippen LogP contribution in [0.3, 0.4) is 0 Å². The molecule has 3 saturated heterocycles. The van der Waals surface area contributed by atoms with E-state index >= 15 is 0 Å². The maximum absolute atomic E-state index is 14.8. The van der Waals surface area contributed by atoms with Crippen molar-refractivity contribution in [2.24, 2.45) is 11.8 Å². The molecule has 9 heteroatoms. The molecule has 5 atom stereocenters. The van der Waals surface area contributed by atoms with Gasteiger partial charge in [-0.3, -0.25) is 14.4 Å². The Morgan fingerprint density at radius 2 is 1.68 bits per heavy atom. The number of aliphatic hydroxyl groups is 1. The smallest absolute Gasteiger partial charge is 0.251 e. The lowest BCUT2D eigenvalue weighted by Crippen LogP contribution is -2.55. The van der Waals surface area contributed by atoms with Crippen LogP contribution in [0.5, 0.6) is 5.75 Å². The van der Waals surface area contributed by atoms with Crippen molar-refractivity contribution in [3.05, 3.63) is 78.9 Å². The number of aryl methyl sites for hydroxylation is 2. The van der Waals surface area contributed by atoms with E-state index in [0.29, 0.717) is 30.9 Å². The number of hydrogen-bond donors (Lipinski definition) is 1. The van der Waals surface area contributed by atoms with E-state index in [0.717, 1.165) is 16.8 Å². The van der Waals surface area contributed by atoms with E-state index in [9.17, 15) is 19.5 Å². The summed E-state index contributed by atoms with van der Waals surface area (Å²) in [7, 11) is 0. The number of carbonyl (C=O) groups is 3. The molecule has 234 valence electrons. The molecule has 3 amide bonds. The number of para-hydroxylation sites is 1. The van der Waals surface area contributed by atoms with Gasteiger partial charge in [0.05, 0.1) is 29.8 Å². The summed E-state index contributed by atoms with van der Waals surface area (Å²) in [5.74, 6) is -1.23. The van der Waals surface area contributed by atoms with Crippen molar-refractivity contribution in [1.29, 1.82) is 0 Å². The molecule has 0 aromatic heterocycles. The fraction of sp³-hybridized carbons (Fsp3) is 0.457. The molecule has 2 bridgehead atoms. The van der Waals surface area contributed by atoms with Gasteiger partial charge < -0.3 is 24.5 Å². The minimum absolute atomic E-state index is 0.0234. The fourth-order valence-electron chi connectivity index (χ4n) is 7.74. The summed E-state index contributed by atoms with van der Waals surface area (Å²) in [6, 6.07) is 12.4. The first-order chi connectivity index (χ1) is 21.1. The monoisotopic (exact) mass is 617 g/mol. The van der Waals surface area contributed by atoms with Gasteiger partial charge in [0.2, 0.25) is 11.8 Å². The maximum atomic E-state index is 14.8. The molecule has 5 rings (SSSR count). The van der Waals surface area contributed by atoms with E-state index in [2.05, 4.69) is 20.1 Å². The molecule has 44 heavy (non-hydrogen) atoms. The zero-order valence-corrected chi connectivity index (χ0v) is 26.9. The number of hydrogen-bond acceptors (Lipinski definition) is 6. The van der Waals surface area contributed by atoms with Gasteiger partial charge in [0, 0.05) is 35.8 Å². The second-order valence-electron chi connectivity index (χ2n) is 12.1. The Kier molecular flexibility index (Phi) is 9.01. The third kappa shape index (κ3) is 5.04. The zero-order valence-electron chi connectivity index (χ0n) is 26.1. The van der Waals surface area contributed by atoms with Gasteiger partial charge >= 0.3 is 0 Å². The van der Waals surface area contributed by atoms with Crippen LogP contribution < -0.4 is 14.5 Å². The van der Waals surface area contributed by atoms with Crippen LogP contribution in [0.25, 0.3) is 0 Å². The van der Waals surface area contributed by atoms with Crippen molar-refractivity contribution in [2.75, 3.05) is 42.6 Å². The first-order valence-electron chi connectivity index (χ1n) is 15.3. The number of amides is 3. The van der Waals surface area contributed by atoms with E-state index in [1.807, 2.05) is 63.2 Å². The van der Waals surface area contributed by atoms with Crippen LogP contribution in [0.2, 0.25) is 0 Å². The van der Waals surface area contributed by atoms with Crippen LogP contribution in [0, 0.1) is 25.7 Å². The summed E-state index contributed by atoms with van der Waals surface area (Å²) in [4.78, 5) is 48.8. The Morgan fingerprint density at radius 3 is 2.27 bits per heavy atom. The van der Waals surface area contributed by atoms with Gasteiger partial charge in [0.15, 0.2) is 0 Å². The van der Waals surface area contributed by atoms with Gasteiger partial charge in [-0.1, -0.05) is 30.4 Å². The zero-order chi connectivity index (χ0) is 31.8. The average molecular weight is 618 g/mol. The molecule has 1 spiro atoms. The first-order valence-corrected chi connectivity index (χ1v) is 16.1. The van der Waals surface area contributed by atoms with Crippen molar-refractivity contribution in [2.45, 2.75) is 56.1 Å². The largest absolute Gasteiger partial charge is 0.494 e. The number of anilines is 2. The highest BCUT2D eigenvalue weighted by Gasteiger charge is 2.77. The predicted octanol–water partition coefficient (Wildman–Crippen LogP) is 4.91. The number of fused-ring (bicyclic) bond motifs is 1. The Morgan fingerprint density at radius 1 is 1.05 bits per heavy atom. The normalized spacial score (nSPS) is 26.8. The average Bonchev–Trinajstić information content (AvgIpc) is 3.56. The van der Waals surface area contributed by atoms with Gasteiger partial charge in [0.1, 0.15) is 11.8 Å². The lowest BCUT2D eigenvalue weighted by atomic mass is 9.66. The number of thioether (sulfide) groups is 1. The van der Waals surface area contributed by atoms with Gasteiger partial charge in [-0.15, -0.1) is 24.9 Å². The Bertz CT molecular complexity index is 1440. The number of rotatable bonds is 12.